The highest BCUT2D eigenvalue weighted by Gasteiger charge is 2.29. The highest BCUT2D eigenvalue weighted by molar-refractivity contribution is 7.89. The number of aromatic nitrogens is 1. The van der Waals surface area contributed by atoms with Gasteiger partial charge in [0.15, 0.2) is 0 Å². The molecule has 1 fully saturated rings. The zero-order chi connectivity index (χ0) is 18.7. The third kappa shape index (κ3) is 4.01. The fraction of sp³-hybridized carbons (Fsp3) is 0.250. The van der Waals surface area contributed by atoms with Gasteiger partial charge in [0, 0.05) is 18.7 Å². The number of pyridine rings is 1. The van der Waals surface area contributed by atoms with Crippen molar-refractivity contribution in [1.82, 2.24) is 9.29 Å². The summed E-state index contributed by atoms with van der Waals surface area (Å²) in [5, 5.41) is 2.80. The number of benzene rings is 1. The molecule has 0 spiro atoms. The number of nitrogens with zero attached hydrogens (tertiary/aromatic N) is 2. The van der Waals surface area contributed by atoms with Crippen molar-refractivity contribution in [3.63, 3.8) is 0 Å². The number of hydrogen-bond acceptors (Lipinski definition) is 5. The summed E-state index contributed by atoms with van der Waals surface area (Å²) in [6, 6.07) is 6.28. The van der Waals surface area contributed by atoms with Crippen LogP contribution in [0.15, 0.2) is 41.4 Å². The molecule has 1 aromatic heterocycles. The summed E-state index contributed by atoms with van der Waals surface area (Å²) in [5.41, 5.74) is 0.364. The Labute approximate surface area is 154 Å². The molecule has 1 amide bonds. The molecule has 10 heteroatoms. The third-order valence-corrected chi connectivity index (χ3v) is 5.92. The molecule has 0 aliphatic carbocycles. The summed E-state index contributed by atoms with van der Waals surface area (Å²) in [6.45, 7) is 0.841. The zero-order valence-electron chi connectivity index (χ0n) is 13.5. The lowest BCUT2D eigenvalue weighted by atomic mass is 10.2. The Hall–Kier alpha value is -2.07. The van der Waals surface area contributed by atoms with Gasteiger partial charge in [-0.1, -0.05) is 11.6 Å². The van der Waals surface area contributed by atoms with Gasteiger partial charge in [-0.15, -0.1) is 0 Å². The zero-order valence-corrected chi connectivity index (χ0v) is 15.1. The van der Waals surface area contributed by atoms with Crippen molar-refractivity contribution in [2.75, 3.05) is 31.6 Å². The van der Waals surface area contributed by atoms with E-state index in [4.69, 9.17) is 16.3 Å². The first-order chi connectivity index (χ1) is 12.4. The van der Waals surface area contributed by atoms with Crippen LogP contribution < -0.4 is 5.32 Å². The lowest BCUT2D eigenvalue weighted by Crippen LogP contribution is -2.40. The van der Waals surface area contributed by atoms with Crippen LogP contribution in [0.25, 0.3) is 0 Å². The van der Waals surface area contributed by atoms with Crippen LogP contribution >= 0.6 is 11.6 Å². The van der Waals surface area contributed by atoms with E-state index in [1.54, 1.807) is 6.07 Å². The molecule has 0 saturated carbocycles. The minimum atomic E-state index is -3.98. The summed E-state index contributed by atoms with van der Waals surface area (Å²) in [7, 11) is -3.98. The third-order valence-electron chi connectivity index (χ3n) is 3.77. The van der Waals surface area contributed by atoms with Crippen molar-refractivity contribution in [2.45, 2.75) is 4.90 Å². The highest BCUT2D eigenvalue weighted by Crippen LogP contribution is 2.22. The van der Waals surface area contributed by atoms with Crippen LogP contribution in [-0.4, -0.2) is 49.9 Å². The number of amides is 1. The van der Waals surface area contributed by atoms with E-state index in [2.05, 4.69) is 10.3 Å². The lowest BCUT2D eigenvalue weighted by Gasteiger charge is -2.26. The number of morpholine rings is 1. The first-order valence-electron chi connectivity index (χ1n) is 7.68. The molecule has 2 heterocycles. The smallest absolute Gasteiger partial charge is 0.255 e. The number of ether oxygens (including phenoxy) is 1. The number of halogens is 2. The molecule has 0 unspecified atom stereocenters. The van der Waals surface area contributed by atoms with Gasteiger partial charge in [-0.3, -0.25) is 4.79 Å². The van der Waals surface area contributed by atoms with E-state index in [-0.39, 0.29) is 37.0 Å². The number of sulfonamides is 1. The normalized spacial score (nSPS) is 15.6. The maximum atomic E-state index is 14.4. The molecule has 3 rings (SSSR count). The molecule has 1 aliphatic heterocycles. The average molecular weight is 400 g/mol. The Morgan fingerprint density at radius 2 is 1.96 bits per heavy atom. The first-order valence-corrected chi connectivity index (χ1v) is 9.50. The van der Waals surface area contributed by atoms with Crippen LogP contribution in [0.1, 0.15) is 10.4 Å². The van der Waals surface area contributed by atoms with Crippen molar-refractivity contribution in [2.24, 2.45) is 0 Å². The van der Waals surface area contributed by atoms with Crippen molar-refractivity contribution in [1.29, 1.82) is 0 Å². The van der Waals surface area contributed by atoms with E-state index in [1.807, 2.05) is 0 Å². The van der Waals surface area contributed by atoms with E-state index in [1.165, 1.54) is 18.3 Å². The standard InChI is InChI=1S/C16H15ClFN3O4S/c17-15-4-2-12(10-19-15)20-16(22)11-1-3-14(13(18)9-11)26(23,24)21-5-7-25-8-6-21/h1-4,9-10H,5-8H2,(H,20,22). The monoisotopic (exact) mass is 399 g/mol. The second-order valence-electron chi connectivity index (χ2n) is 5.49. The Kier molecular flexibility index (Phi) is 5.52. The second-order valence-corrected chi connectivity index (χ2v) is 7.78. The molecule has 1 N–H and O–H groups in total. The van der Waals surface area contributed by atoms with Crippen LogP contribution in [0.5, 0.6) is 0 Å². The minimum Gasteiger partial charge on any atom is -0.379 e. The molecule has 0 radical (unpaired) electrons. The maximum Gasteiger partial charge on any atom is 0.255 e. The molecule has 26 heavy (non-hydrogen) atoms. The molecule has 2 aromatic rings. The number of rotatable bonds is 4. The maximum absolute atomic E-state index is 14.4. The van der Waals surface area contributed by atoms with Crippen molar-refractivity contribution < 1.29 is 22.3 Å². The Balaban J connectivity index is 1.80. The van der Waals surface area contributed by atoms with Gasteiger partial charge in [-0.2, -0.15) is 4.31 Å². The predicted octanol–water partition coefficient (Wildman–Crippen LogP) is 2.15. The van der Waals surface area contributed by atoms with Crippen molar-refractivity contribution in [3.8, 4) is 0 Å². The van der Waals surface area contributed by atoms with Gasteiger partial charge >= 0.3 is 0 Å². The summed E-state index contributed by atoms with van der Waals surface area (Å²) < 4.78 is 45.7. The fourth-order valence-electron chi connectivity index (χ4n) is 2.43. The Morgan fingerprint density at radius 1 is 1.23 bits per heavy atom. The van der Waals surface area contributed by atoms with Crippen LogP contribution in [0.4, 0.5) is 10.1 Å². The van der Waals surface area contributed by atoms with Crippen LogP contribution in [0.3, 0.4) is 0 Å². The van der Waals surface area contributed by atoms with E-state index in [0.29, 0.717) is 5.69 Å². The van der Waals surface area contributed by atoms with Crippen LogP contribution in [0, 0.1) is 5.82 Å². The van der Waals surface area contributed by atoms with Crippen molar-refractivity contribution in [3.05, 3.63) is 53.1 Å². The summed E-state index contributed by atoms with van der Waals surface area (Å²) >= 11 is 5.67. The summed E-state index contributed by atoms with van der Waals surface area (Å²) in [4.78, 5) is 15.6. The van der Waals surface area contributed by atoms with E-state index in [9.17, 15) is 17.6 Å². The molecular formula is C16H15ClFN3O4S. The largest absolute Gasteiger partial charge is 0.379 e. The first kappa shape index (κ1) is 18.7. The van der Waals surface area contributed by atoms with Crippen LogP contribution in [0.2, 0.25) is 5.15 Å². The molecule has 1 saturated heterocycles. The van der Waals surface area contributed by atoms with Gasteiger partial charge in [0.25, 0.3) is 5.91 Å². The lowest BCUT2D eigenvalue weighted by molar-refractivity contribution is 0.0729. The van der Waals surface area contributed by atoms with E-state index in [0.717, 1.165) is 16.4 Å². The van der Waals surface area contributed by atoms with Crippen molar-refractivity contribution >= 4 is 33.2 Å². The number of carbonyl (C=O) groups excluding carboxylic acids is 1. The topological polar surface area (TPSA) is 88.6 Å². The van der Waals surface area contributed by atoms with Gasteiger partial charge in [-0.05, 0) is 30.3 Å². The molecule has 0 atom stereocenters. The van der Waals surface area contributed by atoms with Gasteiger partial charge in [0.2, 0.25) is 10.0 Å². The molecule has 1 aliphatic rings. The highest BCUT2D eigenvalue weighted by atomic mass is 35.5. The molecule has 0 bridgehead atoms. The Bertz CT molecular complexity index is 916. The van der Waals surface area contributed by atoms with Gasteiger partial charge in [0.05, 0.1) is 25.1 Å². The van der Waals surface area contributed by atoms with Gasteiger partial charge in [-0.25, -0.2) is 17.8 Å². The van der Waals surface area contributed by atoms with Gasteiger partial charge in [0.1, 0.15) is 15.9 Å². The van der Waals surface area contributed by atoms with Gasteiger partial charge < -0.3 is 10.1 Å². The second kappa shape index (κ2) is 7.67. The Morgan fingerprint density at radius 3 is 2.58 bits per heavy atom. The number of carbonyl (C=O) groups is 1. The molecule has 1 aromatic carbocycles. The average Bonchev–Trinajstić information content (AvgIpc) is 2.64. The predicted molar refractivity (Wildman–Crippen MR) is 93.2 cm³/mol. The summed E-state index contributed by atoms with van der Waals surface area (Å²) in [6.07, 6.45) is 1.36. The van der Waals surface area contributed by atoms with E-state index < -0.39 is 26.6 Å². The number of nitrogens with one attached hydrogen (secondary N) is 1. The SMILES string of the molecule is O=C(Nc1ccc(Cl)nc1)c1ccc(S(=O)(=O)N2CCOCC2)c(F)c1. The number of anilines is 1. The fourth-order valence-corrected chi connectivity index (χ4v) is 4.00. The molecular weight excluding hydrogens is 385 g/mol. The van der Waals surface area contributed by atoms with E-state index >= 15 is 0 Å². The minimum absolute atomic E-state index is 0.0154. The molecule has 7 nitrogen and oxygen atoms in total. The summed E-state index contributed by atoms with van der Waals surface area (Å²) in [5.74, 6) is -1.58. The van der Waals surface area contributed by atoms with Crippen LogP contribution in [-0.2, 0) is 14.8 Å². The number of hydrogen-bond donors (Lipinski definition) is 1. The quantitative estimate of drug-likeness (QED) is 0.796. The molecule has 138 valence electrons.